The molecule has 1 saturated carbocycles. The molecule has 1 aromatic heterocycles. The number of nitrogens with two attached hydrogens (primary N) is 1. The Morgan fingerprint density at radius 1 is 1.24 bits per heavy atom. The van der Waals surface area contributed by atoms with Crippen molar-refractivity contribution in [2.24, 2.45) is 11.8 Å². The van der Waals surface area contributed by atoms with Gasteiger partial charge in [0, 0.05) is 25.5 Å². The van der Waals surface area contributed by atoms with Crippen molar-refractivity contribution >= 4 is 11.7 Å². The molecule has 5 nitrogen and oxygen atoms in total. The Kier molecular flexibility index (Phi) is 2.46. The third-order valence-corrected chi connectivity index (χ3v) is 3.94. The van der Waals surface area contributed by atoms with Crippen molar-refractivity contribution in [1.29, 1.82) is 0 Å². The molecular weight excluding hydrogens is 216 g/mol. The highest BCUT2D eigenvalue weighted by Gasteiger charge is 2.38. The van der Waals surface area contributed by atoms with E-state index in [1.54, 1.807) is 0 Å². The fourth-order valence-electron chi connectivity index (χ4n) is 3.06. The SMILES string of the molecule is Nc1nccnc1C(=O)N1C[C@@H]2CCC[C@H]2C1. The van der Waals surface area contributed by atoms with Gasteiger partial charge >= 0.3 is 0 Å². The number of carbonyl (C=O) groups excluding carboxylic acids is 1. The van der Waals surface area contributed by atoms with E-state index in [2.05, 4.69) is 9.97 Å². The maximum absolute atomic E-state index is 12.2. The minimum absolute atomic E-state index is 0.0648. The summed E-state index contributed by atoms with van der Waals surface area (Å²) in [7, 11) is 0. The summed E-state index contributed by atoms with van der Waals surface area (Å²) in [4.78, 5) is 22.1. The highest BCUT2D eigenvalue weighted by Crippen LogP contribution is 2.38. The minimum atomic E-state index is -0.0648. The number of nitrogen functional groups attached to an aromatic ring is 1. The van der Waals surface area contributed by atoms with Crippen LogP contribution in [-0.2, 0) is 0 Å². The largest absolute Gasteiger partial charge is 0.382 e. The van der Waals surface area contributed by atoms with Crippen LogP contribution in [0, 0.1) is 11.8 Å². The standard InChI is InChI=1S/C12H16N4O/c13-11-10(14-4-5-15-11)12(17)16-6-8-2-1-3-9(8)7-16/h4-5,8-9H,1-3,6-7H2,(H2,13,15)/t8-,9-/m0/s1. The molecule has 0 bridgehead atoms. The number of carbonyl (C=O) groups is 1. The van der Waals surface area contributed by atoms with Gasteiger partial charge in [-0.2, -0.15) is 0 Å². The maximum Gasteiger partial charge on any atom is 0.276 e. The molecule has 17 heavy (non-hydrogen) atoms. The van der Waals surface area contributed by atoms with E-state index >= 15 is 0 Å². The number of hydrogen-bond donors (Lipinski definition) is 1. The first-order valence-electron chi connectivity index (χ1n) is 6.11. The Morgan fingerprint density at radius 2 is 1.88 bits per heavy atom. The lowest BCUT2D eigenvalue weighted by Crippen LogP contribution is -2.31. The number of amides is 1. The molecule has 0 spiro atoms. The molecular formula is C12H16N4O. The summed E-state index contributed by atoms with van der Waals surface area (Å²) in [5.41, 5.74) is 5.98. The number of anilines is 1. The van der Waals surface area contributed by atoms with Crippen LogP contribution < -0.4 is 5.73 Å². The lowest BCUT2D eigenvalue weighted by Gasteiger charge is -2.17. The van der Waals surface area contributed by atoms with Crippen LogP contribution in [0.25, 0.3) is 0 Å². The van der Waals surface area contributed by atoms with Crippen molar-refractivity contribution < 1.29 is 4.79 Å². The topological polar surface area (TPSA) is 72.1 Å². The van der Waals surface area contributed by atoms with E-state index in [1.165, 1.54) is 31.7 Å². The Labute approximate surface area is 100 Å². The van der Waals surface area contributed by atoms with Crippen LogP contribution in [0.1, 0.15) is 29.8 Å². The fraction of sp³-hybridized carbons (Fsp3) is 0.583. The molecule has 5 heteroatoms. The zero-order chi connectivity index (χ0) is 11.8. The van der Waals surface area contributed by atoms with Gasteiger partial charge in [0.2, 0.25) is 0 Å². The molecule has 1 saturated heterocycles. The van der Waals surface area contributed by atoms with Gasteiger partial charge in [-0.05, 0) is 24.7 Å². The summed E-state index contributed by atoms with van der Waals surface area (Å²) < 4.78 is 0. The lowest BCUT2D eigenvalue weighted by atomic mass is 10.0. The van der Waals surface area contributed by atoms with Crippen molar-refractivity contribution in [2.45, 2.75) is 19.3 Å². The van der Waals surface area contributed by atoms with E-state index in [-0.39, 0.29) is 11.7 Å². The molecule has 1 amide bonds. The van der Waals surface area contributed by atoms with E-state index < -0.39 is 0 Å². The third-order valence-electron chi connectivity index (χ3n) is 3.94. The van der Waals surface area contributed by atoms with Crippen LogP contribution in [0.5, 0.6) is 0 Å². The van der Waals surface area contributed by atoms with Gasteiger partial charge in [-0.15, -0.1) is 0 Å². The second-order valence-corrected chi connectivity index (χ2v) is 4.95. The van der Waals surface area contributed by atoms with Gasteiger partial charge in [0.25, 0.3) is 5.91 Å². The molecule has 0 unspecified atom stereocenters. The molecule has 2 heterocycles. The first kappa shape index (κ1) is 10.5. The number of hydrogen-bond acceptors (Lipinski definition) is 4. The molecule has 0 aromatic carbocycles. The highest BCUT2D eigenvalue weighted by molar-refractivity contribution is 5.96. The summed E-state index contributed by atoms with van der Waals surface area (Å²) in [5, 5.41) is 0. The molecule has 0 radical (unpaired) electrons. The first-order chi connectivity index (χ1) is 8.25. The molecule has 3 rings (SSSR count). The van der Waals surface area contributed by atoms with Gasteiger partial charge in [0.15, 0.2) is 11.5 Å². The predicted octanol–water partition coefficient (Wildman–Crippen LogP) is 0.931. The summed E-state index contributed by atoms with van der Waals surface area (Å²) in [6.07, 6.45) is 6.84. The van der Waals surface area contributed by atoms with Gasteiger partial charge in [-0.1, -0.05) is 6.42 Å². The molecule has 1 aromatic rings. The second kappa shape index (κ2) is 3.98. The molecule has 2 atom stereocenters. The Bertz CT molecular complexity index is 436. The average Bonchev–Trinajstić information content (AvgIpc) is 2.88. The van der Waals surface area contributed by atoms with Gasteiger partial charge in [0.05, 0.1) is 0 Å². The number of fused-ring (bicyclic) bond motifs is 1. The van der Waals surface area contributed by atoms with Gasteiger partial charge < -0.3 is 10.6 Å². The monoisotopic (exact) mass is 232 g/mol. The zero-order valence-corrected chi connectivity index (χ0v) is 9.67. The Balaban J connectivity index is 1.78. The van der Waals surface area contributed by atoms with Crippen molar-refractivity contribution in [1.82, 2.24) is 14.9 Å². The third kappa shape index (κ3) is 1.75. The van der Waals surface area contributed by atoms with E-state index in [9.17, 15) is 4.79 Å². The zero-order valence-electron chi connectivity index (χ0n) is 9.67. The van der Waals surface area contributed by atoms with Crippen LogP contribution in [0.4, 0.5) is 5.82 Å². The van der Waals surface area contributed by atoms with Crippen molar-refractivity contribution in [2.75, 3.05) is 18.8 Å². The summed E-state index contributed by atoms with van der Waals surface area (Å²) in [5.74, 6) is 1.55. The van der Waals surface area contributed by atoms with Crippen LogP contribution in [0.3, 0.4) is 0 Å². The molecule has 1 aliphatic carbocycles. The van der Waals surface area contributed by atoms with Crippen LogP contribution >= 0.6 is 0 Å². The smallest absolute Gasteiger partial charge is 0.276 e. The number of aromatic nitrogens is 2. The van der Waals surface area contributed by atoms with Crippen molar-refractivity contribution in [3.8, 4) is 0 Å². The van der Waals surface area contributed by atoms with Gasteiger partial charge in [-0.25, -0.2) is 9.97 Å². The van der Waals surface area contributed by atoms with Crippen LogP contribution in [0.2, 0.25) is 0 Å². The molecule has 2 aliphatic rings. The highest BCUT2D eigenvalue weighted by atomic mass is 16.2. The normalized spacial score (nSPS) is 27.2. The molecule has 2 N–H and O–H groups in total. The number of rotatable bonds is 1. The van der Waals surface area contributed by atoms with E-state index in [0.717, 1.165) is 13.1 Å². The van der Waals surface area contributed by atoms with Crippen LogP contribution in [0.15, 0.2) is 12.4 Å². The lowest BCUT2D eigenvalue weighted by molar-refractivity contribution is 0.0775. The summed E-state index contributed by atoms with van der Waals surface area (Å²) in [6, 6.07) is 0. The maximum atomic E-state index is 12.2. The van der Waals surface area contributed by atoms with Gasteiger partial charge in [0.1, 0.15) is 0 Å². The van der Waals surface area contributed by atoms with E-state index in [0.29, 0.717) is 17.5 Å². The van der Waals surface area contributed by atoms with Gasteiger partial charge in [-0.3, -0.25) is 4.79 Å². The van der Waals surface area contributed by atoms with Crippen molar-refractivity contribution in [3.63, 3.8) is 0 Å². The first-order valence-corrected chi connectivity index (χ1v) is 6.11. The minimum Gasteiger partial charge on any atom is -0.382 e. The summed E-state index contributed by atoms with van der Waals surface area (Å²) >= 11 is 0. The Morgan fingerprint density at radius 3 is 2.53 bits per heavy atom. The van der Waals surface area contributed by atoms with E-state index in [1.807, 2.05) is 4.90 Å². The molecule has 2 fully saturated rings. The number of likely N-dealkylation sites (tertiary alicyclic amines) is 1. The molecule has 90 valence electrons. The average molecular weight is 232 g/mol. The van der Waals surface area contributed by atoms with E-state index in [4.69, 9.17) is 5.73 Å². The second-order valence-electron chi connectivity index (χ2n) is 4.95. The molecule has 1 aliphatic heterocycles. The fourth-order valence-corrected chi connectivity index (χ4v) is 3.06. The summed E-state index contributed by atoms with van der Waals surface area (Å²) in [6.45, 7) is 1.72. The van der Waals surface area contributed by atoms with Crippen molar-refractivity contribution in [3.05, 3.63) is 18.1 Å². The van der Waals surface area contributed by atoms with Crippen LogP contribution in [-0.4, -0.2) is 33.9 Å². The Hall–Kier alpha value is -1.65. The predicted molar refractivity (Wildman–Crippen MR) is 63.2 cm³/mol. The number of nitrogens with zero attached hydrogens (tertiary/aromatic N) is 3. The quantitative estimate of drug-likeness (QED) is 0.781.